The minimum absolute atomic E-state index is 0. The summed E-state index contributed by atoms with van der Waals surface area (Å²) in [6, 6.07) is 0. The van der Waals surface area contributed by atoms with E-state index < -0.39 is 0 Å². The first-order valence-electron chi connectivity index (χ1n) is 0.365. The summed E-state index contributed by atoms with van der Waals surface area (Å²) in [4.78, 5) is 0. The Hall–Kier alpha value is 4.68. The predicted octanol–water partition coefficient (Wildman–Crippen LogP) is -14.3. The number of hydrogen-bond acceptors (Lipinski definition) is 4. The summed E-state index contributed by atoms with van der Waals surface area (Å²) in [5.74, 6) is 0. The van der Waals surface area contributed by atoms with Gasteiger partial charge in [-0.25, -0.2) is 0 Å². The molecular formula is H2FK3O4. The molecule has 2 N–H and O–H groups in total. The van der Waals surface area contributed by atoms with Crippen molar-refractivity contribution < 1.29 is 180 Å². The predicted molar refractivity (Wildman–Crippen MR) is 5.26 cm³/mol. The molecule has 0 atom stereocenters. The van der Waals surface area contributed by atoms with Gasteiger partial charge in [0.1, 0.15) is 0 Å². The van der Waals surface area contributed by atoms with Gasteiger partial charge in [0.15, 0.2) is 0 Å². The monoisotopic (exact) mass is 202 g/mol. The van der Waals surface area contributed by atoms with Crippen molar-refractivity contribution >= 4 is 0 Å². The van der Waals surface area contributed by atoms with Gasteiger partial charge in [-0.2, -0.15) is 0 Å². The zero-order valence-corrected chi connectivity index (χ0v) is 14.5. The van der Waals surface area contributed by atoms with Gasteiger partial charge < -0.3 is 25.7 Å². The van der Waals surface area contributed by atoms with Crippen LogP contribution in [-0.4, -0.2) is 10.5 Å². The Kier molecular flexibility index (Phi) is 295. The van der Waals surface area contributed by atoms with E-state index in [2.05, 4.69) is 0 Å². The van der Waals surface area contributed by atoms with Gasteiger partial charge in [-0.15, -0.1) is 0 Å². The Morgan fingerprint density at radius 3 is 0.625 bits per heavy atom. The molecule has 0 aliphatic rings. The molecule has 0 amide bonds. The van der Waals surface area contributed by atoms with Crippen LogP contribution in [0.25, 0.3) is 0 Å². The number of rotatable bonds is 0. The van der Waals surface area contributed by atoms with Crippen LogP contribution in [-0.2, 0) is 0 Å². The third kappa shape index (κ3) is 45.7. The van der Waals surface area contributed by atoms with Crippen LogP contribution in [0, 0.1) is 0 Å². The standard InChI is InChI=1S/FH.3K.2H2O2/c;;;;2*1-2/h1H;;;;2*1-2H/q;3*+1;;/p-3. The average Bonchev–Trinajstić information content (AvgIpc) is 1.50. The first-order chi connectivity index (χ1) is 2.00. The van der Waals surface area contributed by atoms with E-state index >= 15 is 0 Å². The third-order valence-electron chi connectivity index (χ3n) is 0. The summed E-state index contributed by atoms with van der Waals surface area (Å²) in [7, 11) is 0. The van der Waals surface area contributed by atoms with Gasteiger partial charge in [-0.05, 0) is 0 Å². The Balaban J connectivity index is -0.00000000167. The van der Waals surface area contributed by atoms with Crippen molar-refractivity contribution in [3.63, 3.8) is 0 Å². The second kappa shape index (κ2) is 60.8. The molecule has 8 heavy (non-hydrogen) atoms. The fourth-order valence-corrected chi connectivity index (χ4v) is 0. The smallest absolute Gasteiger partial charge is 1.00 e. The fourth-order valence-electron chi connectivity index (χ4n) is 0. The molecule has 0 saturated heterocycles. The first kappa shape index (κ1) is 38.8. The van der Waals surface area contributed by atoms with Gasteiger partial charge in [-0.1, -0.05) is 0 Å². The molecule has 0 rings (SSSR count). The minimum Gasteiger partial charge on any atom is -1.00 e. The van der Waals surface area contributed by atoms with Gasteiger partial charge in [-0.3, -0.25) is 0 Å². The molecule has 0 aromatic rings. The van der Waals surface area contributed by atoms with Crippen LogP contribution < -0.4 is 169 Å². The largest absolute Gasteiger partial charge is 1.00 e. The molecule has 36 valence electrons. The van der Waals surface area contributed by atoms with Crippen LogP contribution in [0.5, 0.6) is 0 Å². The summed E-state index contributed by atoms with van der Waals surface area (Å²) in [6.07, 6.45) is 0. The van der Waals surface area contributed by atoms with Crippen LogP contribution in [0.15, 0.2) is 0 Å². The van der Waals surface area contributed by atoms with Gasteiger partial charge in [0.25, 0.3) is 0 Å². The van der Waals surface area contributed by atoms with E-state index in [1.807, 2.05) is 0 Å². The van der Waals surface area contributed by atoms with Gasteiger partial charge in [0.2, 0.25) is 0 Å². The van der Waals surface area contributed by atoms with Crippen molar-refractivity contribution in [2.24, 2.45) is 0 Å². The summed E-state index contributed by atoms with van der Waals surface area (Å²) in [6.45, 7) is 0. The summed E-state index contributed by atoms with van der Waals surface area (Å²) in [5.41, 5.74) is 0. The van der Waals surface area contributed by atoms with Crippen molar-refractivity contribution in [3.05, 3.63) is 0 Å². The van der Waals surface area contributed by atoms with Crippen molar-refractivity contribution in [2.75, 3.05) is 0 Å². The summed E-state index contributed by atoms with van der Waals surface area (Å²) >= 11 is 0. The molecule has 0 spiro atoms. The van der Waals surface area contributed by atoms with Crippen molar-refractivity contribution in [1.29, 1.82) is 0 Å². The van der Waals surface area contributed by atoms with Crippen LogP contribution in [0.4, 0.5) is 0 Å². The van der Waals surface area contributed by atoms with E-state index in [0.29, 0.717) is 0 Å². The van der Waals surface area contributed by atoms with E-state index in [-0.39, 0.29) is 159 Å². The van der Waals surface area contributed by atoms with Gasteiger partial charge >= 0.3 is 154 Å². The van der Waals surface area contributed by atoms with E-state index in [1.165, 1.54) is 0 Å². The van der Waals surface area contributed by atoms with Crippen LogP contribution >= 0.6 is 0 Å². The molecule has 8 heteroatoms. The maximum absolute atomic E-state index is 7.25. The molecule has 0 aliphatic carbocycles. The average molecular weight is 202 g/mol. The molecule has 0 aromatic carbocycles. The van der Waals surface area contributed by atoms with Crippen molar-refractivity contribution in [3.8, 4) is 0 Å². The van der Waals surface area contributed by atoms with Crippen LogP contribution in [0.3, 0.4) is 0 Å². The molecular weight excluding hydrogens is 200 g/mol. The van der Waals surface area contributed by atoms with Crippen LogP contribution in [0.2, 0.25) is 0 Å². The maximum Gasteiger partial charge on any atom is 1.00 e. The van der Waals surface area contributed by atoms with Crippen molar-refractivity contribution in [1.82, 2.24) is 0 Å². The second-order valence-corrected chi connectivity index (χ2v) is 0. The number of hydrogen-bond donors (Lipinski definition) is 2. The Morgan fingerprint density at radius 1 is 0.625 bits per heavy atom. The molecule has 0 bridgehead atoms. The molecule has 4 nitrogen and oxygen atoms in total. The SMILES string of the molecule is [F-].[K+].[K+].[K+].[O-]O.[O-]O. The van der Waals surface area contributed by atoms with Crippen molar-refractivity contribution in [2.45, 2.75) is 0 Å². The van der Waals surface area contributed by atoms with Crippen LogP contribution in [0.1, 0.15) is 0 Å². The maximum atomic E-state index is 7.25. The number of halogens is 1. The third-order valence-corrected chi connectivity index (χ3v) is 0. The quantitative estimate of drug-likeness (QED) is 0.232. The Labute approximate surface area is 174 Å². The Morgan fingerprint density at radius 2 is 0.625 bits per heavy atom. The van der Waals surface area contributed by atoms with E-state index in [4.69, 9.17) is 21.0 Å². The fraction of sp³-hybridized carbons (Fsp3) is 0. The zero-order chi connectivity index (χ0) is 4.00. The minimum atomic E-state index is 0. The molecule has 0 aromatic heterocycles. The molecule has 0 radical (unpaired) electrons. The van der Waals surface area contributed by atoms with Gasteiger partial charge in [0, 0.05) is 0 Å². The normalized spacial score (nSPS) is 1.50. The van der Waals surface area contributed by atoms with E-state index in [0.717, 1.165) is 0 Å². The van der Waals surface area contributed by atoms with E-state index in [9.17, 15) is 0 Å². The second-order valence-electron chi connectivity index (χ2n) is 0. The summed E-state index contributed by atoms with van der Waals surface area (Å²) < 4.78 is 0. The van der Waals surface area contributed by atoms with Gasteiger partial charge in [0.05, 0.1) is 0 Å². The zero-order valence-electron chi connectivity index (χ0n) is 5.09. The summed E-state index contributed by atoms with van der Waals surface area (Å²) in [5, 5.41) is 26.0. The first-order valence-corrected chi connectivity index (χ1v) is 0.365. The molecule has 0 heterocycles. The molecule has 0 saturated carbocycles. The molecule has 0 fully saturated rings. The Bertz CT molecular complexity index is 11.2. The topological polar surface area (TPSA) is 86.6 Å². The van der Waals surface area contributed by atoms with E-state index in [1.54, 1.807) is 0 Å². The molecule has 0 unspecified atom stereocenters. The molecule has 0 aliphatic heterocycles.